The van der Waals surface area contributed by atoms with Crippen LogP contribution in [0.2, 0.25) is 0 Å². The summed E-state index contributed by atoms with van der Waals surface area (Å²) in [4.78, 5) is 0. The molecule has 1 aliphatic rings. The van der Waals surface area contributed by atoms with E-state index < -0.39 is 6.17 Å². The first-order valence-electron chi connectivity index (χ1n) is 5.71. The predicted molar refractivity (Wildman–Crippen MR) is 60.0 cm³/mol. The summed E-state index contributed by atoms with van der Waals surface area (Å²) in [7, 11) is 0. The highest BCUT2D eigenvalue weighted by Crippen LogP contribution is 2.35. The Morgan fingerprint density at radius 3 is 2.79 bits per heavy atom. The van der Waals surface area contributed by atoms with Gasteiger partial charge in [-0.15, -0.1) is 0 Å². The van der Waals surface area contributed by atoms with E-state index in [2.05, 4.69) is 13.5 Å². The van der Waals surface area contributed by atoms with Crippen LogP contribution in [0.15, 0.2) is 23.8 Å². The standard InChI is InChI=1S/C13H21F/c1-4-10-7-8-11(5-2)12(9-10)13(14)6-3/h5,10,13H,2,4,6-9H2,1,3H3. The number of allylic oxidation sites excluding steroid dienone is 3. The fourth-order valence-electron chi connectivity index (χ4n) is 2.22. The Bertz CT molecular complexity index is 227. The Balaban J connectivity index is 2.81. The molecule has 1 rings (SSSR count). The maximum Gasteiger partial charge on any atom is 0.121 e. The zero-order valence-electron chi connectivity index (χ0n) is 9.35. The molecule has 0 fully saturated rings. The first kappa shape index (κ1) is 11.5. The van der Waals surface area contributed by atoms with E-state index in [1.54, 1.807) is 0 Å². The Hall–Kier alpha value is -0.590. The van der Waals surface area contributed by atoms with Crippen molar-refractivity contribution in [3.8, 4) is 0 Å². The van der Waals surface area contributed by atoms with Gasteiger partial charge in [-0.25, -0.2) is 4.39 Å². The lowest BCUT2D eigenvalue weighted by Crippen LogP contribution is -2.16. The third-order valence-electron chi connectivity index (χ3n) is 3.30. The van der Waals surface area contributed by atoms with Gasteiger partial charge in [-0.05, 0) is 42.7 Å². The summed E-state index contributed by atoms with van der Waals surface area (Å²) in [5, 5.41) is 0. The van der Waals surface area contributed by atoms with Gasteiger partial charge in [0.15, 0.2) is 0 Å². The van der Waals surface area contributed by atoms with Gasteiger partial charge >= 0.3 is 0 Å². The number of hydrogen-bond donors (Lipinski definition) is 0. The van der Waals surface area contributed by atoms with E-state index in [1.165, 1.54) is 18.4 Å². The second kappa shape index (κ2) is 5.33. The number of hydrogen-bond acceptors (Lipinski definition) is 0. The van der Waals surface area contributed by atoms with Crippen molar-refractivity contribution in [1.82, 2.24) is 0 Å². The van der Waals surface area contributed by atoms with E-state index >= 15 is 0 Å². The lowest BCUT2D eigenvalue weighted by atomic mass is 9.80. The van der Waals surface area contributed by atoms with E-state index in [-0.39, 0.29) is 0 Å². The quantitative estimate of drug-likeness (QED) is 0.624. The molecule has 2 atom stereocenters. The minimum Gasteiger partial charge on any atom is -0.243 e. The first-order valence-corrected chi connectivity index (χ1v) is 5.71. The highest BCUT2D eigenvalue weighted by Gasteiger charge is 2.23. The molecule has 0 aromatic carbocycles. The lowest BCUT2D eigenvalue weighted by Gasteiger charge is -2.27. The smallest absolute Gasteiger partial charge is 0.121 e. The van der Waals surface area contributed by atoms with Crippen molar-refractivity contribution < 1.29 is 4.39 Å². The van der Waals surface area contributed by atoms with Crippen molar-refractivity contribution in [3.63, 3.8) is 0 Å². The third kappa shape index (κ3) is 2.46. The monoisotopic (exact) mass is 196 g/mol. The Morgan fingerprint density at radius 2 is 2.29 bits per heavy atom. The number of alkyl halides is 1. The summed E-state index contributed by atoms with van der Waals surface area (Å²) in [6.07, 6.45) is 6.07. The SMILES string of the molecule is C=CC1=C(C(F)CC)CC(CC)CC1. The largest absolute Gasteiger partial charge is 0.243 e. The summed E-state index contributed by atoms with van der Waals surface area (Å²) in [6, 6.07) is 0. The van der Waals surface area contributed by atoms with E-state index in [1.807, 2.05) is 13.0 Å². The summed E-state index contributed by atoms with van der Waals surface area (Å²) >= 11 is 0. The summed E-state index contributed by atoms with van der Waals surface area (Å²) in [5.74, 6) is 0.693. The van der Waals surface area contributed by atoms with Crippen molar-refractivity contribution in [2.75, 3.05) is 0 Å². The van der Waals surface area contributed by atoms with Gasteiger partial charge in [0.1, 0.15) is 6.17 Å². The van der Waals surface area contributed by atoms with Crippen LogP contribution in [-0.2, 0) is 0 Å². The molecule has 0 saturated carbocycles. The minimum atomic E-state index is -0.739. The number of halogens is 1. The molecule has 0 heterocycles. The highest BCUT2D eigenvalue weighted by atomic mass is 19.1. The van der Waals surface area contributed by atoms with Gasteiger partial charge in [0.05, 0.1) is 0 Å². The Morgan fingerprint density at radius 1 is 1.57 bits per heavy atom. The van der Waals surface area contributed by atoms with Gasteiger partial charge in [-0.3, -0.25) is 0 Å². The van der Waals surface area contributed by atoms with Gasteiger partial charge in [-0.1, -0.05) is 32.9 Å². The second-order valence-electron chi connectivity index (χ2n) is 4.15. The molecule has 0 saturated heterocycles. The van der Waals surface area contributed by atoms with E-state index in [0.717, 1.165) is 18.4 Å². The second-order valence-corrected chi connectivity index (χ2v) is 4.15. The van der Waals surface area contributed by atoms with E-state index in [0.29, 0.717) is 12.3 Å². The maximum absolute atomic E-state index is 13.7. The molecule has 14 heavy (non-hydrogen) atoms. The average Bonchev–Trinajstić information content (AvgIpc) is 2.27. The van der Waals surface area contributed by atoms with Crippen LogP contribution in [0.4, 0.5) is 4.39 Å². The van der Waals surface area contributed by atoms with Crippen LogP contribution >= 0.6 is 0 Å². The van der Waals surface area contributed by atoms with Crippen LogP contribution in [-0.4, -0.2) is 6.17 Å². The molecule has 0 aliphatic heterocycles. The van der Waals surface area contributed by atoms with Gasteiger partial charge < -0.3 is 0 Å². The molecular weight excluding hydrogens is 175 g/mol. The van der Waals surface area contributed by atoms with Crippen LogP contribution in [0.1, 0.15) is 46.0 Å². The van der Waals surface area contributed by atoms with Crippen molar-refractivity contribution in [3.05, 3.63) is 23.8 Å². The molecular formula is C13H21F. The zero-order chi connectivity index (χ0) is 10.6. The van der Waals surface area contributed by atoms with Crippen molar-refractivity contribution in [2.45, 2.75) is 52.1 Å². The lowest BCUT2D eigenvalue weighted by molar-refractivity contribution is 0.328. The van der Waals surface area contributed by atoms with Crippen molar-refractivity contribution >= 4 is 0 Å². The predicted octanol–water partition coefficient (Wildman–Crippen LogP) is 4.43. The van der Waals surface area contributed by atoms with Crippen molar-refractivity contribution in [1.29, 1.82) is 0 Å². The van der Waals surface area contributed by atoms with Gasteiger partial charge in [0, 0.05) is 0 Å². The maximum atomic E-state index is 13.7. The van der Waals surface area contributed by atoms with Gasteiger partial charge in [-0.2, -0.15) is 0 Å². The van der Waals surface area contributed by atoms with Crippen LogP contribution in [0.5, 0.6) is 0 Å². The molecule has 0 spiro atoms. The van der Waals surface area contributed by atoms with Crippen LogP contribution in [0, 0.1) is 5.92 Å². The topological polar surface area (TPSA) is 0 Å². The first-order chi connectivity index (χ1) is 6.72. The summed E-state index contributed by atoms with van der Waals surface area (Å²) < 4.78 is 13.7. The molecule has 0 nitrogen and oxygen atoms in total. The van der Waals surface area contributed by atoms with Gasteiger partial charge in [0.2, 0.25) is 0 Å². The van der Waals surface area contributed by atoms with Crippen molar-refractivity contribution in [2.24, 2.45) is 5.92 Å². The van der Waals surface area contributed by atoms with Crippen LogP contribution in [0.25, 0.3) is 0 Å². The molecule has 0 bridgehead atoms. The molecule has 1 heteroatoms. The van der Waals surface area contributed by atoms with Crippen LogP contribution in [0.3, 0.4) is 0 Å². The highest BCUT2D eigenvalue weighted by molar-refractivity contribution is 5.29. The Labute approximate surface area is 86.9 Å². The molecule has 0 amide bonds. The average molecular weight is 196 g/mol. The fraction of sp³-hybridized carbons (Fsp3) is 0.692. The zero-order valence-corrected chi connectivity index (χ0v) is 9.35. The van der Waals surface area contributed by atoms with Crippen LogP contribution < -0.4 is 0 Å². The molecule has 80 valence electrons. The summed E-state index contributed by atoms with van der Waals surface area (Å²) in [5.41, 5.74) is 2.20. The molecule has 0 radical (unpaired) electrons. The normalized spacial score (nSPS) is 24.9. The summed E-state index contributed by atoms with van der Waals surface area (Å²) in [6.45, 7) is 7.88. The minimum absolute atomic E-state index is 0.600. The molecule has 2 unspecified atom stereocenters. The number of rotatable bonds is 4. The van der Waals surface area contributed by atoms with E-state index in [4.69, 9.17) is 0 Å². The third-order valence-corrected chi connectivity index (χ3v) is 3.30. The fourth-order valence-corrected chi connectivity index (χ4v) is 2.22. The van der Waals surface area contributed by atoms with Gasteiger partial charge in [0.25, 0.3) is 0 Å². The molecule has 0 aromatic rings. The molecule has 0 N–H and O–H groups in total. The molecule has 0 aromatic heterocycles. The molecule has 1 aliphatic carbocycles. The Kier molecular flexibility index (Phi) is 4.37. The van der Waals surface area contributed by atoms with E-state index in [9.17, 15) is 4.39 Å².